The van der Waals surface area contributed by atoms with Gasteiger partial charge >= 0.3 is 17.9 Å². The lowest BCUT2D eigenvalue weighted by Crippen LogP contribution is -2.55. The van der Waals surface area contributed by atoms with Crippen LogP contribution < -0.4 is 10.5 Å². The molecule has 1 aromatic heterocycles. The summed E-state index contributed by atoms with van der Waals surface area (Å²) in [5.74, 6) is -3.70. The Morgan fingerprint density at radius 3 is 2.58 bits per heavy atom. The number of aromatic nitrogens is 1. The number of aliphatic carboxylic acids is 1. The number of pyridine rings is 1. The normalized spacial score (nSPS) is 17.3. The summed E-state index contributed by atoms with van der Waals surface area (Å²) in [5.41, 5.74) is 0.324. The van der Waals surface area contributed by atoms with Gasteiger partial charge in [-0.3, -0.25) is 23.7 Å². The quantitative estimate of drug-likeness (QED) is 0.621. The third-order valence-electron chi connectivity index (χ3n) is 4.74. The standard InChI is InChI=1S/C20H20N2O9/c1-11(23)31-18(20(27)28)17-19(26)21(7-8-30-17)13-5-3-12-4-6-15(24)22(14(12)9-13)10-16(25)29-2/h3-6,9,17-18H,7-8,10H2,1-2H3,(H,27,28)/t17-,18-/m1/s1. The largest absolute Gasteiger partial charge is 0.478 e. The Balaban J connectivity index is 2.00. The molecule has 1 aliphatic rings. The molecule has 1 aromatic carbocycles. The van der Waals surface area contributed by atoms with Crippen molar-refractivity contribution in [3.8, 4) is 0 Å². The summed E-state index contributed by atoms with van der Waals surface area (Å²) < 4.78 is 15.9. The minimum atomic E-state index is -1.80. The monoisotopic (exact) mass is 432 g/mol. The molecule has 1 saturated heterocycles. The van der Waals surface area contributed by atoms with Crippen LogP contribution in [0.5, 0.6) is 0 Å². The molecule has 0 aliphatic carbocycles. The molecular weight excluding hydrogens is 412 g/mol. The molecule has 1 N–H and O–H groups in total. The van der Waals surface area contributed by atoms with Gasteiger partial charge in [-0.15, -0.1) is 0 Å². The van der Waals surface area contributed by atoms with Gasteiger partial charge in [-0.1, -0.05) is 6.07 Å². The number of hydrogen-bond acceptors (Lipinski definition) is 8. The molecule has 1 aliphatic heterocycles. The van der Waals surface area contributed by atoms with Gasteiger partial charge < -0.3 is 24.2 Å². The van der Waals surface area contributed by atoms with Gasteiger partial charge in [-0.2, -0.15) is 0 Å². The van der Waals surface area contributed by atoms with Crippen molar-refractivity contribution < 1.29 is 38.5 Å². The van der Waals surface area contributed by atoms with E-state index in [0.717, 1.165) is 6.92 Å². The Morgan fingerprint density at radius 2 is 1.94 bits per heavy atom. The molecule has 3 rings (SSSR count). The molecule has 0 bridgehead atoms. The summed E-state index contributed by atoms with van der Waals surface area (Å²) in [6.45, 7) is 0.832. The zero-order chi connectivity index (χ0) is 22.7. The van der Waals surface area contributed by atoms with Crippen LogP contribution in [0, 0.1) is 0 Å². The van der Waals surface area contributed by atoms with E-state index in [0.29, 0.717) is 16.6 Å². The lowest BCUT2D eigenvalue weighted by molar-refractivity contribution is -0.177. The molecule has 0 unspecified atom stereocenters. The maximum Gasteiger partial charge on any atom is 0.348 e. The van der Waals surface area contributed by atoms with E-state index < -0.39 is 41.6 Å². The lowest BCUT2D eigenvalue weighted by atomic mass is 10.1. The van der Waals surface area contributed by atoms with E-state index >= 15 is 0 Å². The van der Waals surface area contributed by atoms with Crippen molar-refractivity contribution in [1.29, 1.82) is 0 Å². The number of hydrogen-bond donors (Lipinski definition) is 1. The zero-order valence-corrected chi connectivity index (χ0v) is 16.8. The van der Waals surface area contributed by atoms with Gasteiger partial charge in [-0.25, -0.2) is 4.79 Å². The molecule has 1 fully saturated rings. The van der Waals surface area contributed by atoms with Gasteiger partial charge in [0.05, 0.1) is 19.2 Å². The van der Waals surface area contributed by atoms with Gasteiger partial charge in [0.25, 0.3) is 11.5 Å². The summed E-state index contributed by atoms with van der Waals surface area (Å²) in [6.07, 6.45) is -3.33. The van der Waals surface area contributed by atoms with E-state index in [9.17, 15) is 29.1 Å². The van der Waals surface area contributed by atoms with E-state index in [-0.39, 0.29) is 19.7 Å². The number of morpholine rings is 1. The Morgan fingerprint density at radius 1 is 1.23 bits per heavy atom. The number of fused-ring (bicyclic) bond motifs is 1. The molecule has 164 valence electrons. The predicted molar refractivity (Wildman–Crippen MR) is 106 cm³/mol. The molecule has 0 saturated carbocycles. The molecular formula is C20H20N2O9. The van der Waals surface area contributed by atoms with Crippen molar-refractivity contribution >= 4 is 40.4 Å². The van der Waals surface area contributed by atoms with E-state index in [2.05, 4.69) is 4.74 Å². The van der Waals surface area contributed by atoms with Gasteiger partial charge in [0, 0.05) is 25.2 Å². The summed E-state index contributed by atoms with van der Waals surface area (Å²) in [6, 6.07) is 7.73. The number of rotatable bonds is 6. The highest BCUT2D eigenvalue weighted by molar-refractivity contribution is 6.01. The van der Waals surface area contributed by atoms with Crippen LogP contribution in [0.1, 0.15) is 6.92 Å². The molecule has 0 spiro atoms. The van der Waals surface area contributed by atoms with Gasteiger partial charge in [0.1, 0.15) is 6.54 Å². The molecule has 31 heavy (non-hydrogen) atoms. The highest BCUT2D eigenvalue weighted by atomic mass is 16.6. The van der Waals surface area contributed by atoms with Gasteiger partial charge in [-0.05, 0) is 23.6 Å². The molecule has 0 radical (unpaired) electrons. The van der Waals surface area contributed by atoms with Crippen LogP contribution in [0.15, 0.2) is 35.1 Å². The smallest absolute Gasteiger partial charge is 0.348 e. The summed E-state index contributed by atoms with van der Waals surface area (Å²) >= 11 is 0. The highest BCUT2D eigenvalue weighted by Crippen LogP contribution is 2.25. The van der Waals surface area contributed by atoms with E-state index in [4.69, 9.17) is 9.47 Å². The van der Waals surface area contributed by atoms with Crippen molar-refractivity contribution in [1.82, 2.24) is 4.57 Å². The third-order valence-corrected chi connectivity index (χ3v) is 4.74. The fraction of sp³-hybridized carbons (Fsp3) is 0.350. The van der Waals surface area contributed by atoms with E-state index in [1.54, 1.807) is 24.3 Å². The number of carboxylic acid groups (broad SMARTS) is 1. The topological polar surface area (TPSA) is 141 Å². The number of carbonyl (C=O) groups excluding carboxylic acids is 3. The van der Waals surface area contributed by atoms with Crippen molar-refractivity contribution in [2.45, 2.75) is 25.7 Å². The fourth-order valence-corrected chi connectivity index (χ4v) is 3.30. The molecule has 1 amide bonds. The van der Waals surface area contributed by atoms with Crippen molar-refractivity contribution in [2.24, 2.45) is 0 Å². The van der Waals surface area contributed by atoms with Crippen LogP contribution in [0.2, 0.25) is 0 Å². The number of nitrogens with zero attached hydrogens (tertiary/aromatic N) is 2. The third kappa shape index (κ3) is 4.56. The fourth-order valence-electron chi connectivity index (χ4n) is 3.30. The van der Waals surface area contributed by atoms with Crippen LogP contribution >= 0.6 is 0 Å². The van der Waals surface area contributed by atoms with Crippen molar-refractivity contribution in [3.63, 3.8) is 0 Å². The van der Waals surface area contributed by atoms with Crippen LogP contribution in [0.25, 0.3) is 10.9 Å². The minimum Gasteiger partial charge on any atom is -0.478 e. The number of ether oxygens (including phenoxy) is 3. The second-order valence-electron chi connectivity index (χ2n) is 6.73. The number of carbonyl (C=O) groups is 4. The molecule has 2 heterocycles. The second kappa shape index (κ2) is 8.96. The minimum absolute atomic E-state index is 0.00322. The van der Waals surface area contributed by atoms with Gasteiger partial charge in [0.2, 0.25) is 6.10 Å². The first-order valence-corrected chi connectivity index (χ1v) is 9.26. The average Bonchev–Trinajstić information content (AvgIpc) is 2.73. The maximum absolute atomic E-state index is 13.0. The Labute approximate surface area is 175 Å². The van der Waals surface area contributed by atoms with Crippen molar-refractivity contribution in [2.75, 3.05) is 25.2 Å². The first-order chi connectivity index (χ1) is 14.7. The van der Waals surface area contributed by atoms with E-state index in [1.807, 2.05) is 0 Å². The molecule has 2 atom stereocenters. The number of esters is 2. The first-order valence-electron chi connectivity index (χ1n) is 9.26. The number of amides is 1. The SMILES string of the molecule is COC(=O)Cn1c(=O)ccc2ccc(N3CCO[C@H]([C@@H](OC(C)=O)C(=O)O)C3=O)cc21. The Bertz CT molecular complexity index is 1110. The number of benzene rings is 1. The summed E-state index contributed by atoms with van der Waals surface area (Å²) in [7, 11) is 1.21. The zero-order valence-electron chi connectivity index (χ0n) is 16.8. The molecule has 11 nitrogen and oxygen atoms in total. The maximum atomic E-state index is 13.0. The molecule has 2 aromatic rings. The predicted octanol–water partition coefficient (Wildman–Crippen LogP) is -0.0774. The van der Waals surface area contributed by atoms with Crippen LogP contribution in [-0.4, -0.2) is 66.0 Å². The Hall–Kier alpha value is -3.73. The number of anilines is 1. The van der Waals surface area contributed by atoms with Crippen LogP contribution in [0.4, 0.5) is 5.69 Å². The average molecular weight is 432 g/mol. The van der Waals surface area contributed by atoms with Crippen molar-refractivity contribution in [3.05, 3.63) is 40.7 Å². The number of carboxylic acids is 1. The van der Waals surface area contributed by atoms with Crippen LogP contribution in [-0.2, 0) is 39.9 Å². The first kappa shape index (κ1) is 22.0. The summed E-state index contributed by atoms with van der Waals surface area (Å²) in [5, 5.41) is 10.0. The molecule has 11 heteroatoms. The highest BCUT2D eigenvalue weighted by Gasteiger charge is 2.42. The van der Waals surface area contributed by atoms with E-state index in [1.165, 1.54) is 22.6 Å². The summed E-state index contributed by atoms with van der Waals surface area (Å²) in [4.78, 5) is 61.0. The van der Waals surface area contributed by atoms with Gasteiger partial charge in [0.15, 0.2) is 6.10 Å². The van der Waals surface area contributed by atoms with Crippen LogP contribution in [0.3, 0.4) is 0 Å². The lowest BCUT2D eigenvalue weighted by Gasteiger charge is -2.34. The Kier molecular flexibility index (Phi) is 6.35. The second-order valence-corrected chi connectivity index (χ2v) is 6.73. The number of methoxy groups -OCH3 is 1.